The highest BCUT2D eigenvalue weighted by molar-refractivity contribution is 5.32. The summed E-state index contributed by atoms with van der Waals surface area (Å²) in [6.07, 6.45) is 5.37. The van der Waals surface area contributed by atoms with E-state index in [1.54, 1.807) is 19.4 Å². The largest absolute Gasteiger partial charge is 0.378 e. The third-order valence-electron chi connectivity index (χ3n) is 2.84. The molecule has 1 aliphatic rings. The molecule has 1 aromatic heterocycles. The lowest BCUT2D eigenvalue weighted by molar-refractivity contribution is 0.0231. The number of rotatable bonds is 2. The Balaban J connectivity index is 2.09. The van der Waals surface area contributed by atoms with E-state index in [-0.39, 0.29) is 17.7 Å². The van der Waals surface area contributed by atoms with Crippen LogP contribution in [0.5, 0.6) is 0 Å². The fourth-order valence-corrected chi connectivity index (χ4v) is 1.92. The zero-order valence-electron chi connectivity index (χ0n) is 9.64. The van der Waals surface area contributed by atoms with Gasteiger partial charge in [-0.15, -0.1) is 0 Å². The number of hydrogen-bond donors (Lipinski definition) is 1. The Kier molecular flexibility index (Phi) is 3.24. The van der Waals surface area contributed by atoms with Crippen LogP contribution in [-0.4, -0.2) is 28.3 Å². The number of hydrogen-bond acceptors (Lipinski definition) is 4. The molecule has 0 spiro atoms. The van der Waals surface area contributed by atoms with Gasteiger partial charge >= 0.3 is 0 Å². The summed E-state index contributed by atoms with van der Waals surface area (Å²) in [6.45, 7) is 2.79. The summed E-state index contributed by atoms with van der Waals surface area (Å²) in [6, 6.07) is 0.284. The van der Waals surface area contributed by atoms with Gasteiger partial charge in [-0.3, -0.25) is 4.79 Å². The average Bonchev–Trinajstić information content (AvgIpc) is 2.25. The normalized spacial score (nSPS) is 25.4. The van der Waals surface area contributed by atoms with Crippen molar-refractivity contribution in [2.45, 2.75) is 31.9 Å². The monoisotopic (exact) mass is 223 g/mol. The van der Waals surface area contributed by atoms with Crippen LogP contribution in [0.3, 0.4) is 0 Å². The molecule has 0 aromatic carbocycles. The first-order valence-corrected chi connectivity index (χ1v) is 5.56. The highest BCUT2D eigenvalue weighted by Crippen LogP contribution is 2.15. The smallest absolute Gasteiger partial charge is 0.293 e. The molecule has 2 heterocycles. The summed E-state index contributed by atoms with van der Waals surface area (Å²) >= 11 is 0. The molecule has 0 bridgehead atoms. The lowest BCUT2D eigenvalue weighted by Gasteiger charge is -2.28. The van der Waals surface area contributed by atoms with Crippen LogP contribution in [0, 0.1) is 0 Å². The molecule has 88 valence electrons. The van der Waals surface area contributed by atoms with Gasteiger partial charge in [0.2, 0.25) is 0 Å². The second-order valence-corrected chi connectivity index (χ2v) is 4.24. The number of nitrogens with one attached hydrogen (secondary N) is 1. The van der Waals surface area contributed by atoms with E-state index in [1.165, 1.54) is 4.57 Å². The van der Waals surface area contributed by atoms with Gasteiger partial charge in [0, 0.05) is 32.1 Å². The molecule has 2 unspecified atom stereocenters. The Bertz CT molecular complexity index is 416. The van der Waals surface area contributed by atoms with Crippen LogP contribution in [-0.2, 0) is 11.8 Å². The van der Waals surface area contributed by atoms with Gasteiger partial charge in [-0.1, -0.05) is 0 Å². The first-order valence-electron chi connectivity index (χ1n) is 5.56. The maximum absolute atomic E-state index is 11.7. The van der Waals surface area contributed by atoms with E-state index in [4.69, 9.17) is 4.74 Å². The number of nitrogens with zero attached hydrogens (tertiary/aromatic N) is 2. The molecule has 2 atom stereocenters. The van der Waals surface area contributed by atoms with Crippen molar-refractivity contribution in [1.29, 1.82) is 0 Å². The van der Waals surface area contributed by atoms with Crippen molar-refractivity contribution in [2.24, 2.45) is 7.05 Å². The molecule has 0 aliphatic carbocycles. The Morgan fingerprint density at radius 1 is 1.62 bits per heavy atom. The zero-order chi connectivity index (χ0) is 11.5. The minimum Gasteiger partial charge on any atom is -0.378 e. The fourth-order valence-electron chi connectivity index (χ4n) is 1.92. The molecule has 5 heteroatoms. The molecule has 1 N–H and O–H groups in total. The summed E-state index contributed by atoms with van der Waals surface area (Å²) in [5.74, 6) is 0.434. The highest BCUT2D eigenvalue weighted by atomic mass is 16.5. The summed E-state index contributed by atoms with van der Waals surface area (Å²) in [4.78, 5) is 15.8. The van der Waals surface area contributed by atoms with Crippen LogP contribution < -0.4 is 10.9 Å². The molecule has 0 saturated carbocycles. The minimum atomic E-state index is -0.0818. The maximum Gasteiger partial charge on any atom is 0.293 e. The van der Waals surface area contributed by atoms with Crippen molar-refractivity contribution in [2.75, 3.05) is 11.9 Å². The van der Waals surface area contributed by atoms with Gasteiger partial charge in [-0.05, 0) is 19.8 Å². The van der Waals surface area contributed by atoms with Crippen molar-refractivity contribution in [3.63, 3.8) is 0 Å². The molecule has 1 aliphatic heterocycles. The molecular formula is C11H17N3O2. The molecule has 2 rings (SSSR count). The number of anilines is 1. The second kappa shape index (κ2) is 4.65. The van der Waals surface area contributed by atoms with Crippen LogP contribution in [0.2, 0.25) is 0 Å². The molecule has 16 heavy (non-hydrogen) atoms. The highest BCUT2D eigenvalue weighted by Gasteiger charge is 2.20. The molecular weight excluding hydrogens is 206 g/mol. The second-order valence-electron chi connectivity index (χ2n) is 4.24. The number of ether oxygens (including phenoxy) is 1. The lowest BCUT2D eigenvalue weighted by atomic mass is 10.0. The van der Waals surface area contributed by atoms with Gasteiger partial charge in [0.05, 0.1) is 6.10 Å². The SMILES string of the molecule is CC1CC(Nc2nccn(C)c2=O)CCO1. The summed E-state index contributed by atoms with van der Waals surface area (Å²) in [5.41, 5.74) is -0.0818. The van der Waals surface area contributed by atoms with Crippen molar-refractivity contribution in [1.82, 2.24) is 9.55 Å². The number of aromatic nitrogens is 2. The quantitative estimate of drug-likeness (QED) is 0.804. The summed E-state index contributed by atoms with van der Waals surface area (Å²) in [5, 5.41) is 3.20. The Hall–Kier alpha value is -1.36. The summed E-state index contributed by atoms with van der Waals surface area (Å²) in [7, 11) is 1.72. The third kappa shape index (κ3) is 2.41. The van der Waals surface area contributed by atoms with Crippen LogP contribution in [0.25, 0.3) is 0 Å². The van der Waals surface area contributed by atoms with Crippen LogP contribution in [0.1, 0.15) is 19.8 Å². The minimum absolute atomic E-state index is 0.0818. The molecule has 0 radical (unpaired) electrons. The van der Waals surface area contributed by atoms with E-state index in [9.17, 15) is 4.79 Å². The van der Waals surface area contributed by atoms with Crippen molar-refractivity contribution < 1.29 is 4.74 Å². The first kappa shape index (κ1) is 11.1. The van der Waals surface area contributed by atoms with E-state index in [0.29, 0.717) is 5.82 Å². The standard InChI is InChI=1S/C11H17N3O2/c1-8-7-9(3-6-16-8)13-10-11(15)14(2)5-4-12-10/h4-5,8-9H,3,6-7H2,1-2H3,(H,12,13). The first-order chi connectivity index (χ1) is 7.66. The fraction of sp³-hybridized carbons (Fsp3) is 0.636. The lowest BCUT2D eigenvalue weighted by Crippen LogP contribution is -2.35. The predicted octanol–water partition coefficient (Wildman–Crippen LogP) is 0.760. The van der Waals surface area contributed by atoms with E-state index >= 15 is 0 Å². The van der Waals surface area contributed by atoms with Gasteiger partial charge in [0.25, 0.3) is 5.56 Å². The molecule has 1 fully saturated rings. The van der Waals surface area contributed by atoms with Crippen molar-refractivity contribution >= 4 is 5.82 Å². The van der Waals surface area contributed by atoms with Crippen molar-refractivity contribution in [3.8, 4) is 0 Å². The van der Waals surface area contributed by atoms with E-state index < -0.39 is 0 Å². The molecule has 0 amide bonds. The summed E-state index contributed by atoms with van der Waals surface area (Å²) < 4.78 is 6.98. The van der Waals surface area contributed by atoms with Gasteiger partial charge in [0.1, 0.15) is 0 Å². The topological polar surface area (TPSA) is 56.2 Å². The molecule has 5 nitrogen and oxygen atoms in total. The van der Waals surface area contributed by atoms with Gasteiger partial charge in [-0.2, -0.15) is 0 Å². The van der Waals surface area contributed by atoms with Gasteiger partial charge < -0.3 is 14.6 Å². The van der Waals surface area contributed by atoms with Crippen molar-refractivity contribution in [3.05, 3.63) is 22.7 Å². The molecule has 1 saturated heterocycles. The van der Waals surface area contributed by atoms with Crippen LogP contribution in [0.15, 0.2) is 17.2 Å². The van der Waals surface area contributed by atoms with E-state index in [2.05, 4.69) is 10.3 Å². The zero-order valence-corrected chi connectivity index (χ0v) is 9.64. The Labute approximate surface area is 94.5 Å². The Morgan fingerprint density at radius 3 is 3.19 bits per heavy atom. The molecule has 1 aromatic rings. The third-order valence-corrected chi connectivity index (χ3v) is 2.84. The predicted molar refractivity (Wildman–Crippen MR) is 61.5 cm³/mol. The van der Waals surface area contributed by atoms with Crippen LogP contribution >= 0.6 is 0 Å². The van der Waals surface area contributed by atoms with E-state index in [0.717, 1.165) is 19.4 Å². The Morgan fingerprint density at radius 2 is 2.44 bits per heavy atom. The maximum atomic E-state index is 11.7. The average molecular weight is 223 g/mol. The van der Waals surface area contributed by atoms with E-state index in [1.807, 2.05) is 6.92 Å². The van der Waals surface area contributed by atoms with Gasteiger partial charge in [-0.25, -0.2) is 4.98 Å². The van der Waals surface area contributed by atoms with Gasteiger partial charge in [0.15, 0.2) is 5.82 Å². The number of aryl methyl sites for hydroxylation is 1. The van der Waals surface area contributed by atoms with Crippen LogP contribution in [0.4, 0.5) is 5.82 Å².